The van der Waals surface area contributed by atoms with Gasteiger partial charge in [0.25, 0.3) is 10.1 Å². The predicted octanol–water partition coefficient (Wildman–Crippen LogP) is 1.49. The molecule has 0 radical (unpaired) electrons. The highest BCUT2D eigenvalue weighted by Crippen LogP contribution is 2.06. The molecule has 0 N–H and O–H groups in total. The van der Waals surface area contributed by atoms with Gasteiger partial charge in [-0.2, -0.15) is 8.42 Å². The number of hydrogen-bond donors (Lipinski definition) is 0. The minimum atomic E-state index is -3.40. The SMILES string of the molecule is CCCC(F)CCOS(C)(=O)=O. The van der Waals surface area contributed by atoms with Gasteiger partial charge in [0.1, 0.15) is 6.17 Å². The van der Waals surface area contributed by atoms with E-state index in [4.69, 9.17) is 0 Å². The molecule has 0 heterocycles. The third-order valence-corrected chi connectivity index (χ3v) is 1.93. The molecule has 0 aliphatic carbocycles. The first kappa shape index (κ1) is 11.8. The molecule has 0 aromatic rings. The summed E-state index contributed by atoms with van der Waals surface area (Å²) in [5.41, 5.74) is 0. The van der Waals surface area contributed by atoms with Crippen LogP contribution in [-0.4, -0.2) is 27.5 Å². The fourth-order valence-corrected chi connectivity index (χ4v) is 1.18. The Morgan fingerprint density at radius 1 is 1.42 bits per heavy atom. The van der Waals surface area contributed by atoms with E-state index in [1.165, 1.54) is 0 Å². The van der Waals surface area contributed by atoms with Crippen molar-refractivity contribution in [1.82, 2.24) is 0 Å². The highest BCUT2D eigenvalue weighted by Gasteiger charge is 2.07. The van der Waals surface area contributed by atoms with Crippen LogP contribution in [0.25, 0.3) is 0 Å². The second-order valence-electron chi connectivity index (χ2n) is 2.70. The molecule has 0 amide bonds. The Hall–Kier alpha value is -0.160. The number of halogens is 1. The van der Waals surface area contributed by atoms with Crippen molar-refractivity contribution in [2.75, 3.05) is 12.9 Å². The minimum absolute atomic E-state index is 0.0556. The van der Waals surface area contributed by atoms with E-state index >= 15 is 0 Å². The third kappa shape index (κ3) is 7.94. The topological polar surface area (TPSA) is 43.4 Å². The van der Waals surface area contributed by atoms with E-state index in [1.54, 1.807) is 0 Å². The van der Waals surface area contributed by atoms with E-state index in [9.17, 15) is 12.8 Å². The molecule has 0 rings (SSSR count). The molecule has 74 valence electrons. The van der Waals surface area contributed by atoms with Crippen molar-refractivity contribution < 1.29 is 17.0 Å². The van der Waals surface area contributed by atoms with Crippen LogP contribution in [0.1, 0.15) is 26.2 Å². The Balaban J connectivity index is 3.44. The van der Waals surface area contributed by atoms with E-state index in [2.05, 4.69) is 4.18 Å². The molecular weight excluding hydrogens is 183 g/mol. The zero-order valence-electron chi connectivity index (χ0n) is 7.42. The van der Waals surface area contributed by atoms with Crippen LogP contribution in [0.5, 0.6) is 0 Å². The zero-order valence-corrected chi connectivity index (χ0v) is 8.23. The van der Waals surface area contributed by atoms with Crippen LogP contribution >= 0.6 is 0 Å². The molecule has 5 heteroatoms. The Labute approximate surface area is 73.0 Å². The molecule has 0 aliphatic heterocycles. The zero-order chi connectivity index (χ0) is 9.61. The van der Waals surface area contributed by atoms with Crippen LogP contribution in [0.3, 0.4) is 0 Å². The normalized spacial score (nSPS) is 14.6. The van der Waals surface area contributed by atoms with E-state index in [0.29, 0.717) is 6.42 Å². The van der Waals surface area contributed by atoms with Crippen molar-refractivity contribution in [2.24, 2.45) is 0 Å². The molecule has 3 nitrogen and oxygen atoms in total. The van der Waals surface area contributed by atoms with Crippen molar-refractivity contribution >= 4 is 10.1 Å². The fourth-order valence-electron chi connectivity index (χ4n) is 0.785. The largest absolute Gasteiger partial charge is 0.270 e. The fraction of sp³-hybridized carbons (Fsp3) is 1.00. The van der Waals surface area contributed by atoms with Gasteiger partial charge in [0, 0.05) is 6.42 Å². The van der Waals surface area contributed by atoms with Crippen LogP contribution in [0.2, 0.25) is 0 Å². The predicted molar refractivity (Wildman–Crippen MR) is 45.2 cm³/mol. The quantitative estimate of drug-likeness (QED) is 0.607. The summed E-state index contributed by atoms with van der Waals surface area (Å²) in [6.45, 7) is 1.82. The lowest BCUT2D eigenvalue weighted by atomic mass is 10.2. The molecule has 0 aromatic heterocycles. The van der Waals surface area contributed by atoms with Crippen LogP contribution in [0.4, 0.5) is 4.39 Å². The number of hydrogen-bond acceptors (Lipinski definition) is 3. The average molecular weight is 198 g/mol. The maximum absolute atomic E-state index is 12.7. The first-order valence-corrected chi connectivity index (χ1v) is 5.76. The van der Waals surface area contributed by atoms with Crippen molar-refractivity contribution in [3.63, 3.8) is 0 Å². The third-order valence-electron chi connectivity index (χ3n) is 1.33. The Morgan fingerprint density at radius 3 is 2.42 bits per heavy atom. The lowest BCUT2D eigenvalue weighted by Crippen LogP contribution is -2.09. The van der Waals surface area contributed by atoms with Crippen LogP contribution in [0, 0.1) is 0 Å². The highest BCUT2D eigenvalue weighted by atomic mass is 32.2. The summed E-state index contributed by atoms with van der Waals surface area (Å²) in [4.78, 5) is 0. The van der Waals surface area contributed by atoms with Gasteiger partial charge < -0.3 is 0 Å². The molecule has 0 spiro atoms. The van der Waals surface area contributed by atoms with Gasteiger partial charge in [-0.1, -0.05) is 13.3 Å². The molecule has 0 saturated carbocycles. The molecule has 0 aromatic carbocycles. The van der Waals surface area contributed by atoms with Gasteiger partial charge in [0.2, 0.25) is 0 Å². The van der Waals surface area contributed by atoms with Crippen molar-refractivity contribution in [3.05, 3.63) is 0 Å². The summed E-state index contributed by atoms with van der Waals surface area (Å²) >= 11 is 0. The summed E-state index contributed by atoms with van der Waals surface area (Å²) in [5.74, 6) is 0. The van der Waals surface area contributed by atoms with Gasteiger partial charge in [0.15, 0.2) is 0 Å². The van der Waals surface area contributed by atoms with Crippen molar-refractivity contribution in [2.45, 2.75) is 32.4 Å². The van der Waals surface area contributed by atoms with Gasteiger partial charge in [-0.05, 0) is 6.42 Å². The maximum atomic E-state index is 12.7. The molecule has 0 fully saturated rings. The van der Waals surface area contributed by atoms with E-state index in [0.717, 1.165) is 12.7 Å². The summed E-state index contributed by atoms with van der Waals surface area (Å²) in [5, 5.41) is 0. The molecule has 1 atom stereocenters. The van der Waals surface area contributed by atoms with E-state index in [1.807, 2.05) is 6.92 Å². The second-order valence-corrected chi connectivity index (χ2v) is 4.34. The monoisotopic (exact) mass is 198 g/mol. The highest BCUT2D eigenvalue weighted by molar-refractivity contribution is 7.85. The standard InChI is InChI=1S/C7H15FO3S/c1-3-4-7(8)5-6-11-12(2,9)10/h7H,3-6H2,1-2H3. The number of rotatable bonds is 6. The van der Waals surface area contributed by atoms with Crippen LogP contribution in [-0.2, 0) is 14.3 Å². The summed E-state index contributed by atoms with van der Waals surface area (Å²) < 4.78 is 37.9. The Morgan fingerprint density at radius 2 is 2.00 bits per heavy atom. The molecule has 12 heavy (non-hydrogen) atoms. The van der Waals surface area contributed by atoms with Gasteiger partial charge in [-0.25, -0.2) is 4.39 Å². The molecule has 0 aliphatic rings. The average Bonchev–Trinajstić information content (AvgIpc) is 1.84. The second kappa shape index (κ2) is 5.48. The number of alkyl halides is 1. The summed E-state index contributed by atoms with van der Waals surface area (Å²) in [7, 11) is -3.40. The van der Waals surface area contributed by atoms with Crippen molar-refractivity contribution in [3.8, 4) is 0 Å². The van der Waals surface area contributed by atoms with Gasteiger partial charge in [0.05, 0.1) is 12.9 Å². The van der Waals surface area contributed by atoms with E-state index in [-0.39, 0.29) is 13.0 Å². The molecule has 0 saturated heterocycles. The van der Waals surface area contributed by atoms with Gasteiger partial charge in [-0.15, -0.1) is 0 Å². The van der Waals surface area contributed by atoms with Gasteiger partial charge in [-0.3, -0.25) is 4.18 Å². The molecule has 0 bridgehead atoms. The smallest absolute Gasteiger partial charge is 0.264 e. The van der Waals surface area contributed by atoms with Crippen molar-refractivity contribution in [1.29, 1.82) is 0 Å². The Kier molecular flexibility index (Phi) is 5.41. The van der Waals surface area contributed by atoms with Crippen LogP contribution in [0.15, 0.2) is 0 Å². The molecule has 1 unspecified atom stereocenters. The lowest BCUT2D eigenvalue weighted by molar-refractivity contribution is 0.230. The molecular formula is C7H15FO3S. The summed E-state index contributed by atoms with van der Waals surface area (Å²) in [6, 6.07) is 0. The van der Waals surface area contributed by atoms with Gasteiger partial charge >= 0.3 is 0 Å². The first-order valence-electron chi connectivity index (χ1n) is 3.94. The Bertz CT molecular complexity index is 201. The minimum Gasteiger partial charge on any atom is -0.270 e. The maximum Gasteiger partial charge on any atom is 0.264 e. The summed E-state index contributed by atoms with van der Waals surface area (Å²) in [6.07, 6.45) is 1.39. The van der Waals surface area contributed by atoms with Crippen LogP contribution < -0.4 is 0 Å². The lowest BCUT2D eigenvalue weighted by Gasteiger charge is -2.05. The van der Waals surface area contributed by atoms with E-state index < -0.39 is 16.3 Å². The first-order chi connectivity index (χ1) is 5.45.